The van der Waals surface area contributed by atoms with Gasteiger partial charge in [0.1, 0.15) is 23.9 Å². The van der Waals surface area contributed by atoms with Gasteiger partial charge in [0.25, 0.3) is 0 Å². The van der Waals surface area contributed by atoms with Crippen molar-refractivity contribution in [1.82, 2.24) is 0 Å². The minimum atomic E-state index is -4.56. The van der Waals surface area contributed by atoms with E-state index in [0.29, 0.717) is 48.5 Å². The predicted molar refractivity (Wildman–Crippen MR) is 184 cm³/mol. The molecule has 0 aliphatic heterocycles. The number of rotatable bonds is 14. The van der Waals surface area contributed by atoms with E-state index in [1.807, 2.05) is 25.6 Å². The molecule has 0 saturated heterocycles. The molecule has 2 N–H and O–H groups in total. The smallest absolute Gasteiger partial charge is 0.416 e. The molecule has 2 unspecified atom stereocenters. The lowest BCUT2D eigenvalue weighted by Gasteiger charge is -2.25. The second-order valence-corrected chi connectivity index (χ2v) is 13.5. The zero-order valence-corrected chi connectivity index (χ0v) is 30.1. The molecule has 49 heavy (non-hydrogen) atoms. The molecule has 2 aromatic carbocycles. The Morgan fingerprint density at radius 1 is 1.06 bits per heavy atom. The standard InChI is InChI=1S/C17H11Cl2F3O5.C17H29NO3S/c1-8(15(23)24)26-16(25)11-7-10(3-4-12(11)18)27-14-5-2-9(6-13(14)19)17(20,21)22;1-5-8-14(18-21-6-2)17-15(19)10-13(11-16(17)20)9-12(4)22-7-3/h2-8H,1H3,(H,23,24);12-13,19H,5-11H2,1-4H3/b;18-14+/t8-;/m0./s1. The molecule has 9 nitrogen and oxygen atoms in total. The Morgan fingerprint density at radius 3 is 2.31 bits per heavy atom. The number of nitrogens with zero attached hydrogens (tertiary/aromatic N) is 1. The van der Waals surface area contributed by atoms with Gasteiger partial charge in [0, 0.05) is 18.1 Å². The van der Waals surface area contributed by atoms with E-state index in [-0.39, 0.29) is 44.6 Å². The van der Waals surface area contributed by atoms with Crippen LogP contribution in [0.25, 0.3) is 0 Å². The number of aliphatic carboxylic acids is 1. The van der Waals surface area contributed by atoms with E-state index in [1.165, 1.54) is 12.1 Å². The molecule has 0 heterocycles. The first-order chi connectivity index (χ1) is 23.0. The van der Waals surface area contributed by atoms with Crippen LogP contribution in [0.15, 0.2) is 52.9 Å². The van der Waals surface area contributed by atoms with E-state index in [4.69, 9.17) is 42.6 Å². The number of alkyl halides is 3. The molecule has 15 heteroatoms. The summed E-state index contributed by atoms with van der Waals surface area (Å²) in [7, 11) is 0. The average Bonchev–Trinajstić information content (AvgIpc) is 3.01. The van der Waals surface area contributed by atoms with Crippen molar-refractivity contribution in [2.75, 3.05) is 12.4 Å². The number of aliphatic hydroxyl groups is 1. The summed E-state index contributed by atoms with van der Waals surface area (Å²) in [6, 6.07) is 6.33. The van der Waals surface area contributed by atoms with Gasteiger partial charge < -0.3 is 24.5 Å². The van der Waals surface area contributed by atoms with Crippen LogP contribution in [0.1, 0.15) is 82.6 Å². The summed E-state index contributed by atoms with van der Waals surface area (Å²) in [5.41, 5.74) is -0.114. The number of ketones is 1. The van der Waals surface area contributed by atoms with Crippen LogP contribution < -0.4 is 4.74 Å². The third kappa shape index (κ3) is 13.1. The number of carbonyl (C=O) groups excluding carboxylic acids is 2. The van der Waals surface area contributed by atoms with Gasteiger partial charge >= 0.3 is 18.1 Å². The zero-order valence-electron chi connectivity index (χ0n) is 27.7. The van der Waals surface area contributed by atoms with Gasteiger partial charge in [-0.2, -0.15) is 24.9 Å². The number of allylic oxidation sites excluding steroid dienone is 2. The molecule has 0 bridgehead atoms. The highest BCUT2D eigenvalue weighted by Gasteiger charge is 2.32. The summed E-state index contributed by atoms with van der Waals surface area (Å²) in [6.45, 7) is 9.84. The molecular formula is C34H40Cl2F3NO8S. The van der Waals surface area contributed by atoms with Crippen LogP contribution in [0, 0.1) is 5.92 Å². The first kappa shape index (κ1) is 41.7. The fourth-order valence-electron chi connectivity index (χ4n) is 4.77. The Balaban J connectivity index is 0.000000348. The van der Waals surface area contributed by atoms with Crippen molar-refractivity contribution in [3.8, 4) is 11.5 Å². The number of benzene rings is 2. The van der Waals surface area contributed by atoms with Crippen LogP contribution in [0.5, 0.6) is 11.5 Å². The van der Waals surface area contributed by atoms with E-state index in [1.54, 1.807) is 0 Å². The minimum absolute atomic E-state index is 0.00866. The number of Topliss-reactive ketones (excluding diaryl/α,β-unsaturated/α-hetero) is 1. The summed E-state index contributed by atoms with van der Waals surface area (Å²) in [5.74, 6) is -0.865. The monoisotopic (exact) mass is 749 g/mol. The average molecular weight is 751 g/mol. The first-order valence-corrected chi connectivity index (χ1v) is 17.4. The van der Waals surface area contributed by atoms with Crippen molar-refractivity contribution in [2.45, 2.75) is 84.3 Å². The summed E-state index contributed by atoms with van der Waals surface area (Å²) < 4.78 is 48.1. The van der Waals surface area contributed by atoms with E-state index in [2.05, 4.69) is 19.0 Å². The molecule has 1 aliphatic carbocycles. The van der Waals surface area contributed by atoms with Gasteiger partial charge in [-0.15, -0.1) is 0 Å². The van der Waals surface area contributed by atoms with Crippen LogP contribution in [-0.4, -0.2) is 57.4 Å². The van der Waals surface area contributed by atoms with E-state index < -0.39 is 29.8 Å². The van der Waals surface area contributed by atoms with Crippen molar-refractivity contribution in [3.63, 3.8) is 0 Å². The number of carbonyl (C=O) groups is 3. The highest BCUT2D eigenvalue weighted by molar-refractivity contribution is 7.99. The van der Waals surface area contributed by atoms with Gasteiger partial charge in [-0.05, 0) is 74.8 Å². The van der Waals surface area contributed by atoms with Crippen molar-refractivity contribution >= 4 is 58.4 Å². The van der Waals surface area contributed by atoms with Crippen molar-refractivity contribution in [1.29, 1.82) is 0 Å². The third-order valence-electron chi connectivity index (χ3n) is 7.00. The number of hydrogen-bond acceptors (Lipinski definition) is 9. The summed E-state index contributed by atoms with van der Waals surface area (Å²) in [4.78, 5) is 40.4. The van der Waals surface area contributed by atoms with E-state index >= 15 is 0 Å². The van der Waals surface area contributed by atoms with Crippen molar-refractivity contribution in [3.05, 3.63) is 68.9 Å². The SMILES string of the molecule is CCC/C(=N\OCC)C1=C(O)CC(CC(C)SCC)CC1=O.C[C@H](OC(=O)c1cc(Oc2ccc(C(F)(F)F)cc2Cl)ccc1Cl)C(=O)O. The Labute approximate surface area is 297 Å². The maximum absolute atomic E-state index is 12.7. The lowest BCUT2D eigenvalue weighted by Crippen LogP contribution is -2.26. The minimum Gasteiger partial charge on any atom is -0.511 e. The fraction of sp³-hybridized carbons (Fsp3) is 0.471. The third-order valence-corrected chi connectivity index (χ3v) is 8.72. The van der Waals surface area contributed by atoms with Crippen LogP contribution in [0.3, 0.4) is 0 Å². The van der Waals surface area contributed by atoms with E-state index in [0.717, 1.165) is 43.7 Å². The number of halogens is 5. The molecule has 0 spiro atoms. The van der Waals surface area contributed by atoms with Gasteiger partial charge in [-0.3, -0.25) is 4.79 Å². The normalized spacial score (nSPS) is 16.3. The zero-order chi connectivity index (χ0) is 36.9. The summed E-state index contributed by atoms with van der Waals surface area (Å²) in [6.07, 6.45) is -2.40. The predicted octanol–water partition coefficient (Wildman–Crippen LogP) is 9.94. The number of esters is 1. The maximum Gasteiger partial charge on any atom is 0.416 e. The van der Waals surface area contributed by atoms with Crippen molar-refractivity contribution in [2.24, 2.45) is 11.1 Å². The molecule has 3 atom stereocenters. The lowest BCUT2D eigenvalue weighted by atomic mass is 9.82. The van der Waals surface area contributed by atoms with Crippen LogP contribution in [0.4, 0.5) is 13.2 Å². The van der Waals surface area contributed by atoms with Gasteiger partial charge in [0.2, 0.25) is 0 Å². The molecule has 0 fully saturated rings. The number of aliphatic hydroxyl groups excluding tert-OH is 1. The number of thioether (sulfide) groups is 1. The van der Waals surface area contributed by atoms with Gasteiger partial charge in [0.15, 0.2) is 11.9 Å². The lowest BCUT2D eigenvalue weighted by molar-refractivity contribution is -0.146. The Bertz CT molecular complexity index is 1530. The van der Waals surface area contributed by atoms with Crippen LogP contribution in [-0.2, 0) is 25.3 Å². The Kier molecular flexibility index (Phi) is 16.8. The van der Waals surface area contributed by atoms with Crippen LogP contribution >= 0.6 is 35.0 Å². The second kappa shape index (κ2) is 19.7. The van der Waals surface area contributed by atoms with Gasteiger partial charge in [0.05, 0.1) is 32.5 Å². The molecule has 1 aliphatic rings. The fourth-order valence-corrected chi connectivity index (χ4v) is 6.16. The molecular weight excluding hydrogens is 710 g/mol. The van der Waals surface area contributed by atoms with Crippen LogP contribution in [0.2, 0.25) is 10.0 Å². The molecule has 0 saturated carbocycles. The number of ether oxygens (including phenoxy) is 2. The van der Waals surface area contributed by atoms with Gasteiger partial charge in [-0.1, -0.05) is 55.5 Å². The molecule has 0 amide bonds. The number of carboxylic acids is 1. The highest BCUT2D eigenvalue weighted by Crippen LogP contribution is 2.37. The quantitative estimate of drug-likeness (QED) is 0.110. The highest BCUT2D eigenvalue weighted by atomic mass is 35.5. The molecule has 2 aromatic rings. The first-order valence-electron chi connectivity index (χ1n) is 15.6. The maximum atomic E-state index is 12.7. The second-order valence-electron chi connectivity index (χ2n) is 11.0. The summed E-state index contributed by atoms with van der Waals surface area (Å²) in [5, 5.41) is 23.4. The van der Waals surface area contributed by atoms with E-state index in [9.17, 15) is 32.7 Å². The van der Waals surface area contributed by atoms with Crippen molar-refractivity contribution < 1.29 is 52.1 Å². The molecule has 0 radical (unpaired) electrons. The molecule has 270 valence electrons. The Hall–Kier alpha value is -3.42. The van der Waals surface area contributed by atoms with Gasteiger partial charge in [-0.25, -0.2) is 9.59 Å². The number of hydrogen-bond donors (Lipinski definition) is 2. The molecule has 3 rings (SSSR count). The number of oxime groups is 1. The molecule has 0 aromatic heterocycles. The summed E-state index contributed by atoms with van der Waals surface area (Å²) >= 11 is 13.6. The Morgan fingerprint density at radius 2 is 1.76 bits per heavy atom. The largest absolute Gasteiger partial charge is 0.511 e. The number of carboxylic acid groups (broad SMARTS) is 1. The topological polar surface area (TPSA) is 132 Å².